The standard InChI is InChI=1S/C21H25N3O3/c1-15(20(25)22-18-8-7-16-4-2-5-17(16)14-18)23-9-11-24(12-10-23)21(26)19-6-3-13-27-19/h3,6-8,13-15H,2,4-5,9-12H2,1H3,(H,22,25)/p+1/t15-/m0/s1. The number of furan rings is 1. The molecule has 2 N–H and O–H groups in total. The van der Waals surface area contributed by atoms with Gasteiger partial charge in [0.2, 0.25) is 0 Å². The van der Waals surface area contributed by atoms with Crippen molar-refractivity contribution in [2.45, 2.75) is 32.2 Å². The molecule has 1 aromatic carbocycles. The van der Waals surface area contributed by atoms with Gasteiger partial charge >= 0.3 is 0 Å². The fraction of sp³-hybridized carbons (Fsp3) is 0.429. The summed E-state index contributed by atoms with van der Waals surface area (Å²) in [5.74, 6) is 0.337. The lowest BCUT2D eigenvalue weighted by Crippen LogP contribution is -3.19. The Morgan fingerprint density at radius 3 is 2.67 bits per heavy atom. The number of aryl methyl sites for hydroxylation is 2. The minimum absolute atomic E-state index is 0.0359. The molecule has 2 aliphatic rings. The molecule has 1 atom stereocenters. The highest BCUT2D eigenvalue weighted by atomic mass is 16.3. The van der Waals surface area contributed by atoms with E-state index in [9.17, 15) is 9.59 Å². The third-order valence-corrected chi connectivity index (χ3v) is 5.80. The van der Waals surface area contributed by atoms with E-state index in [1.807, 2.05) is 13.0 Å². The summed E-state index contributed by atoms with van der Waals surface area (Å²) in [6, 6.07) is 9.51. The van der Waals surface area contributed by atoms with Crippen molar-refractivity contribution < 1.29 is 18.9 Å². The largest absolute Gasteiger partial charge is 0.459 e. The van der Waals surface area contributed by atoms with Crippen LogP contribution in [0.4, 0.5) is 5.69 Å². The second-order valence-electron chi connectivity index (χ2n) is 7.48. The van der Waals surface area contributed by atoms with Crippen molar-refractivity contribution in [1.82, 2.24) is 4.90 Å². The topological polar surface area (TPSA) is 67.0 Å². The average molecular weight is 368 g/mol. The van der Waals surface area contributed by atoms with Gasteiger partial charge in [-0.3, -0.25) is 9.59 Å². The Balaban J connectivity index is 1.31. The van der Waals surface area contributed by atoms with Crippen molar-refractivity contribution in [2.24, 2.45) is 0 Å². The van der Waals surface area contributed by atoms with Gasteiger partial charge in [-0.25, -0.2) is 0 Å². The first-order valence-electron chi connectivity index (χ1n) is 9.72. The number of fused-ring (bicyclic) bond motifs is 1. The van der Waals surface area contributed by atoms with E-state index in [2.05, 4.69) is 17.4 Å². The molecular weight excluding hydrogens is 342 g/mol. The van der Waals surface area contributed by atoms with Gasteiger partial charge in [0, 0.05) is 5.69 Å². The van der Waals surface area contributed by atoms with E-state index in [-0.39, 0.29) is 17.9 Å². The molecule has 4 rings (SSSR count). The van der Waals surface area contributed by atoms with E-state index in [1.165, 1.54) is 28.7 Å². The van der Waals surface area contributed by atoms with Crippen molar-refractivity contribution in [3.63, 3.8) is 0 Å². The Labute approximate surface area is 159 Å². The van der Waals surface area contributed by atoms with Gasteiger partial charge in [-0.05, 0) is 61.6 Å². The number of quaternary nitrogens is 1. The number of benzene rings is 1. The normalized spacial score (nSPS) is 18.2. The summed E-state index contributed by atoms with van der Waals surface area (Å²) >= 11 is 0. The fourth-order valence-corrected chi connectivity index (χ4v) is 4.07. The van der Waals surface area contributed by atoms with E-state index in [0.29, 0.717) is 18.8 Å². The van der Waals surface area contributed by atoms with Gasteiger partial charge in [0.25, 0.3) is 11.8 Å². The number of piperazine rings is 1. The molecule has 6 heteroatoms. The van der Waals surface area contributed by atoms with E-state index < -0.39 is 0 Å². The summed E-state index contributed by atoms with van der Waals surface area (Å²) in [5, 5.41) is 3.07. The Morgan fingerprint density at radius 2 is 1.93 bits per heavy atom. The highest BCUT2D eigenvalue weighted by Gasteiger charge is 2.31. The number of anilines is 1. The van der Waals surface area contributed by atoms with E-state index in [1.54, 1.807) is 17.0 Å². The summed E-state index contributed by atoms with van der Waals surface area (Å²) in [4.78, 5) is 28.0. The second-order valence-corrected chi connectivity index (χ2v) is 7.48. The zero-order chi connectivity index (χ0) is 18.8. The van der Waals surface area contributed by atoms with Crippen LogP contribution in [0.2, 0.25) is 0 Å². The number of nitrogens with one attached hydrogen (secondary N) is 2. The van der Waals surface area contributed by atoms with Crippen LogP contribution in [0.1, 0.15) is 35.0 Å². The number of carbonyl (C=O) groups excluding carboxylic acids is 2. The van der Waals surface area contributed by atoms with Crippen LogP contribution in [-0.4, -0.2) is 48.9 Å². The quantitative estimate of drug-likeness (QED) is 0.850. The third-order valence-electron chi connectivity index (χ3n) is 5.80. The Bertz CT molecular complexity index is 823. The second kappa shape index (κ2) is 7.56. The number of hydrogen-bond donors (Lipinski definition) is 2. The first-order chi connectivity index (χ1) is 13.1. The molecule has 1 fully saturated rings. The molecule has 2 heterocycles. The number of amides is 2. The maximum atomic E-state index is 12.7. The zero-order valence-corrected chi connectivity index (χ0v) is 15.7. The minimum Gasteiger partial charge on any atom is -0.459 e. The highest BCUT2D eigenvalue weighted by Crippen LogP contribution is 2.24. The van der Waals surface area contributed by atoms with Crippen molar-refractivity contribution in [3.8, 4) is 0 Å². The lowest BCUT2D eigenvalue weighted by Gasteiger charge is -2.34. The first kappa shape index (κ1) is 17.8. The molecule has 142 valence electrons. The third kappa shape index (κ3) is 3.76. The van der Waals surface area contributed by atoms with Crippen LogP contribution in [0.25, 0.3) is 0 Å². The SMILES string of the molecule is C[C@@H](C(=O)Nc1ccc2c(c1)CCC2)[NH+]1CCN(C(=O)c2ccco2)CC1. The van der Waals surface area contributed by atoms with Crippen LogP contribution in [0.5, 0.6) is 0 Å². The first-order valence-corrected chi connectivity index (χ1v) is 9.72. The zero-order valence-electron chi connectivity index (χ0n) is 15.7. The molecule has 0 radical (unpaired) electrons. The number of hydrogen-bond acceptors (Lipinski definition) is 3. The lowest BCUT2D eigenvalue weighted by atomic mass is 10.1. The van der Waals surface area contributed by atoms with Gasteiger partial charge in [0.15, 0.2) is 11.8 Å². The monoisotopic (exact) mass is 368 g/mol. The van der Waals surface area contributed by atoms with Gasteiger partial charge < -0.3 is 19.5 Å². The number of carbonyl (C=O) groups is 2. The summed E-state index contributed by atoms with van der Waals surface area (Å²) in [5.41, 5.74) is 3.65. The van der Waals surface area contributed by atoms with E-state index in [4.69, 9.17) is 4.42 Å². The van der Waals surface area contributed by atoms with Crippen LogP contribution in [0.15, 0.2) is 41.0 Å². The van der Waals surface area contributed by atoms with Crippen LogP contribution in [-0.2, 0) is 17.6 Å². The van der Waals surface area contributed by atoms with Crippen molar-refractivity contribution >= 4 is 17.5 Å². The molecule has 0 bridgehead atoms. The van der Waals surface area contributed by atoms with Gasteiger partial charge in [-0.15, -0.1) is 0 Å². The molecular formula is C21H26N3O3+. The van der Waals surface area contributed by atoms with Gasteiger partial charge in [-0.1, -0.05) is 6.07 Å². The molecule has 1 saturated heterocycles. The van der Waals surface area contributed by atoms with Gasteiger partial charge in [-0.2, -0.15) is 0 Å². The Kier molecular flexibility index (Phi) is 4.99. The highest BCUT2D eigenvalue weighted by molar-refractivity contribution is 5.94. The molecule has 0 saturated carbocycles. The number of nitrogens with zero attached hydrogens (tertiary/aromatic N) is 1. The maximum absolute atomic E-state index is 12.7. The smallest absolute Gasteiger partial charge is 0.289 e. The van der Waals surface area contributed by atoms with Crippen LogP contribution in [0.3, 0.4) is 0 Å². The maximum Gasteiger partial charge on any atom is 0.289 e. The summed E-state index contributed by atoms with van der Waals surface area (Å²) in [6.07, 6.45) is 4.96. The van der Waals surface area contributed by atoms with Crippen molar-refractivity contribution in [2.75, 3.05) is 31.5 Å². The van der Waals surface area contributed by atoms with Gasteiger partial charge in [0.1, 0.15) is 0 Å². The Morgan fingerprint density at radius 1 is 1.15 bits per heavy atom. The fourth-order valence-electron chi connectivity index (χ4n) is 4.07. The predicted octanol–water partition coefficient (Wildman–Crippen LogP) is 1.14. The minimum atomic E-state index is -0.154. The molecule has 1 aliphatic carbocycles. The predicted molar refractivity (Wildman–Crippen MR) is 102 cm³/mol. The molecule has 0 unspecified atom stereocenters. The van der Waals surface area contributed by atoms with Crippen LogP contribution in [0, 0.1) is 0 Å². The molecule has 1 aromatic heterocycles. The molecule has 2 amide bonds. The molecule has 2 aromatic rings. The van der Waals surface area contributed by atoms with Crippen molar-refractivity contribution in [1.29, 1.82) is 0 Å². The van der Waals surface area contributed by atoms with Crippen LogP contribution >= 0.6 is 0 Å². The average Bonchev–Trinajstić information content (AvgIpc) is 3.38. The van der Waals surface area contributed by atoms with Crippen LogP contribution < -0.4 is 10.2 Å². The lowest BCUT2D eigenvalue weighted by molar-refractivity contribution is -0.917. The summed E-state index contributed by atoms with van der Waals surface area (Å²) < 4.78 is 5.20. The van der Waals surface area contributed by atoms with E-state index >= 15 is 0 Å². The molecule has 6 nitrogen and oxygen atoms in total. The molecule has 0 spiro atoms. The molecule has 27 heavy (non-hydrogen) atoms. The number of rotatable bonds is 4. The molecule has 1 aliphatic heterocycles. The Hall–Kier alpha value is -2.60. The van der Waals surface area contributed by atoms with Crippen molar-refractivity contribution in [3.05, 3.63) is 53.5 Å². The summed E-state index contributed by atoms with van der Waals surface area (Å²) in [7, 11) is 0. The van der Waals surface area contributed by atoms with E-state index in [0.717, 1.165) is 31.6 Å². The van der Waals surface area contributed by atoms with Gasteiger partial charge in [0.05, 0.1) is 32.4 Å². The summed E-state index contributed by atoms with van der Waals surface area (Å²) in [6.45, 7) is 4.73.